The van der Waals surface area contributed by atoms with Crippen molar-refractivity contribution in [3.05, 3.63) is 11.6 Å². The van der Waals surface area contributed by atoms with Crippen LogP contribution in [0.15, 0.2) is 11.6 Å². The lowest BCUT2D eigenvalue weighted by molar-refractivity contribution is -0.163. The average Bonchev–Trinajstić information content (AvgIpc) is 2.74. The number of carbonyl (C=O) groups excluding carboxylic acids is 2. The molecule has 6 atom stereocenters. The zero-order chi connectivity index (χ0) is 18.0. The van der Waals surface area contributed by atoms with Crippen molar-refractivity contribution < 1.29 is 14.3 Å². The summed E-state index contributed by atoms with van der Waals surface area (Å²) in [5.74, 6) is 2.94. The summed E-state index contributed by atoms with van der Waals surface area (Å²) < 4.78 is 5.90. The fourth-order valence-electron chi connectivity index (χ4n) is 7.27. The van der Waals surface area contributed by atoms with Crippen molar-refractivity contribution in [3.63, 3.8) is 0 Å². The largest absolute Gasteiger partial charge is 0.461 e. The Balaban J connectivity index is 1.64. The molecule has 0 amide bonds. The Hall–Kier alpha value is -1.12. The molecule has 3 saturated carbocycles. The van der Waals surface area contributed by atoms with Crippen molar-refractivity contribution in [2.24, 2.45) is 34.5 Å². The Morgan fingerprint density at radius 1 is 1.12 bits per heavy atom. The first-order chi connectivity index (χ1) is 11.7. The highest BCUT2D eigenvalue weighted by Gasteiger charge is 2.63. The molecule has 3 fully saturated rings. The molecule has 138 valence electrons. The third-order valence-electron chi connectivity index (χ3n) is 8.08. The summed E-state index contributed by atoms with van der Waals surface area (Å²) in [5, 5.41) is 0. The lowest BCUT2D eigenvalue weighted by Gasteiger charge is -2.53. The van der Waals surface area contributed by atoms with E-state index in [9.17, 15) is 9.59 Å². The fraction of sp³-hybridized carbons (Fsp3) is 0.818. The SMILES string of the molecule is CC(=O)OC1C(C)(C)C[C@H]2[C@@H]3CCC4=CC(=O)CC[C@@H]4[C@H]3CC[C@]12C. The highest BCUT2D eigenvalue weighted by molar-refractivity contribution is 5.91. The Morgan fingerprint density at radius 3 is 2.60 bits per heavy atom. The average molecular weight is 344 g/mol. The maximum absolute atomic E-state index is 11.8. The van der Waals surface area contributed by atoms with Gasteiger partial charge in [0.2, 0.25) is 0 Å². The van der Waals surface area contributed by atoms with Gasteiger partial charge >= 0.3 is 5.97 Å². The number of ketones is 1. The summed E-state index contributed by atoms with van der Waals surface area (Å²) in [7, 11) is 0. The molecule has 3 nitrogen and oxygen atoms in total. The van der Waals surface area contributed by atoms with Gasteiger partial charge in [-0.15, -0.1) is 0 Å². The van der Waals surface area contributed by atoms with Gasteiger partial charge in [-0.2, -0.15) is 0 Å². The number of fused-ring (bicyclic) bond motifs is 5. The van der Waals surface area contributed by atoms with E-state index in [1.165, 1.54) is 18.4 Å². The highest BCUT2D eigenvalue weighted by Crippen LogP contribution is 2.66. The molecule has 4 aliphatic rings. The zero-order valence-electron chi connectivity index (χ0n) is 16.1. The molecule has 0 aliphatic heterocycles. The summed E-state index contributed by atoms with van der Waals surface area (Å²) in [5.41, 5.74) is 1.61. The van der Waals surface area contributed by atoms with E-state index in [-0.39, 0.29) is 22.9 Å². The number of esters is 1. The van der Waals surface area contributed by atoms with E-state index in [0.29, 0.717) is 17.6 Å². The molecule has 4 rings (SSSR count). The maximum atomic E-state index is 11.8. The molecule has 0 bridgehead atoms. The lowest BCUT2D eigenvalue weighted by atomic mass is 9.52. The predicted molar refractivity (Wildman–Crippen MR) is 96.8 cm³/mol. The van der Waals surface area contributed by atoms with Gasteiger partial charge in [-0.1, -0.05) is 26.3 Å². The first kappa shape index (κ1) is 17.3. The minimum Gasteiger partial charge on any atom is -0.461 e. The van der Waals surface area contributed by atoms with Crippen molar-refractivity contribution in [2.45, 2.75) is 78.7 Å². The van der Waals surface area contributed by atoms with Crippen LogP contribution in [0.4, 0.5) is 0 Å². The molecule has 0 aromatic rings. The van der Waals surface area contributed by atoms with Gasteiger partial charge in [0, 0.05) is 24.2 Å². The van der Waals surface area contributed by atoms with Gasteiger partial charge in [0.25, 0.3) is 0 Å². The van der Waals surface area contributed by atoms with Crippen molar-refractivity contribution in [3.8, 4) is 0 Å². The summed E-state index contributed by atoms with van der Waals surface area (Å²) in [4.78, 5) is 23.6. The molecule has 0 spiro atoms. The number of allylic oxidation sites excluding steroid dienone is 1. The maximum Gasteiger partial charge on any atom is 0.302 e. The first-order valence-electron chi connectivity index (χ1n) is 10.1. The van der Waals surface area contributed by atoms with E-state index in [2.05, 4.69) is 20.8 Å². The van der Waals surface area contributed by atoms with Crippen LogP contribution in [0.5, 0.6) is 0 Å². The monoisotopic (exact) mass is 344 g/mol. The second-order valence-electron chi connectivity index (χ2n) is 10.0. The van der Waals surface area contributed by atoms with Crippen LogP contribution in [0.2, 0.25) is 0 Å². The second-order valence-corrected chi connectivity index (χ2v) is 10.0. The van der Waals surface area contributed by atoms with E-state index in [1.807, 2.05) is 6.08 Å². The zero-order valence-corrected chi connectivity index (χ0v) is 16.1. The molecule has 0 radical (unpaired) electrons. The Labute approximate surface area is 151 Å². The first-order valence-corrected chi connectivity index (χ1v) is 10.1. The molecule has 0 saturated heterocycles. The van der Waals surface area contributed by atoms with Crippen LogP contribution in [-0.2, 0) is 14.3 Å². The molecule has 1 unspecified atom stereocenters. The van der Waals surface area contributed by atoms with Crippen LogP contribution in [-0.4, -0.2) is 17.9 Å². The minimum absolute atomic E-state index is 0.0355. The lowest BCUT2D eigenvalue weighted by Crippen LogP contribution is -2.49. The van der Waals surface area contributed by atoms with Crippen LogP contribution in [0.25, 0.3) is 0 Å². The van der Waals surface area contributed by atoms with Crippen LogP contribution in [0.3, 0.4) is 0 Å². The van der Waals surface area contributed by atoms with Gasteiger partial charge < -0.3 is 4.74 Å². The van der Waals surface area contributed by atoms with E-state index < -0.39 is 0 Å². The van der Waals surface area contributed by atoms with Gasteiger partial charge in [-0.3, -0.25) is 9.59 Å². The van der Waals surface area contributed by atoms with Crippen LogP contribution >= 0.6 is 0 Å². The minimum atomic E-state index is -0.137. The van der Waals surface area contributed by atoms with Gasteiger partial charge in [0.05, 0.1) is 0 Å². The fourth-order valence-corrected chi connectivity index (χ4v) is 7.27. The van der Waals surface area contributed by atoms with Crippen molar-refractivity contribution in [1.29, 1.82) is 0 Å². The molecule has 0 N–H and O–H groups in total. The Morgan fingerprint density at radius 2 is 1.88 bits per heavy atom. The standard InChI is InChI=1S/C22H32O3/c1-13(23)25-20-21(2,3)12-19-18-7-5-14-11-15(24)6-8-16(14)17(18)9-10-22(19,20)4/h11,16-20H,5-10,12H2,1-4H3/t16-,17+,18+,19-,20?,22-/m0/s1. The van der Waals surface area contributed by atoms with Gasteiger partial charge in [-0.05, 0) is 68.3 Å². The van der Waals surface area contributed by atoms with Crippen molar-refractivity contribution in [1.82, 2.24) is 0 Å². The topological polar surface area (TPSA) is 43.4 Å². The van der Waals surface area contributed by atoms with E-state index in [1.54, 1.807) is 6.92 Å². The summed E-state index contributed by atoms with van der Waals surface area (Å²) in [6.07, 6.45) is 9.65. The normalized spacial score (nSPS) is 45.0. The van der Waals surface area contributed by atoms with E-state index >= 15 is 0 Å². The molecule has 4 aliphatic carbocycles. The summed E-state index contributed by atoms with van der Waals surface area (Å²) in [6, 6.07) is 0. The molecule has 3 heteroatoms. The Kier molecular flexibility index (Phi) is 3.94. The number of hydrogen-bond donors (Lipinski definition) is 0. The smallest absolute Gasteiger partial charge is 0.302 e. The van der Waals surface area contributed by atoms with Crippen molar-refractivity contribution in [2.75, 3.05) is 0 Å². The molecule has 0 aromatic carbocycles. The Bertz CT molecular complexity index is 631. The third kappa shape index (κ3) is 2.61. The summed E-state index contributed by atoms with van der Waals surface area (Å²) >= 11 is 0. The molecular formula is C22H32O3. The van der Waals surface area contributed by atoms with E-state index in [4.69, 9.17) is 4.74 Å². The van der Waals surface area contributed by atoms with Gasteiger partial charge in [0.1, 0.15) is 6.10 Å². The number of hydrogen-bond acceptors (Lipinski definition) is 3. The number of carbonyl (C=O) groups is 2. The van der Waals surface area contributed by atoms with E-state index in [0.717, 1.165) is 43.9 Å². The molecule has 0 heterocycles. The van der Waals surface area contributed by atoms with Crippen LogP contribution in [0, 0.1) is 34.5 Å². The third-order valence-corrected chi connectivity index (χ3v) is 8.08. The van der Waals surface area contributed by atoms with Crippen LogP contribution < -0.4 is 0 Å². The van der Waals surface area contributed by atoms with Gasteiger partial charge in [-0.25, -0.2) is 0 Å². The highest BCUT2D eigenvalue weighted by atomic mass is 16.5. The molecule has 0 aromatic heterocycles. The number of rotatable bonds is 1. The molecular weight excluding hydrogens is 312 g/mol. The summed E-state index contributed by atoms with van der Waals surface area (Å²) in [6.45, 7) is 8.50. The van der Waals surface area contributed by atoms with Crippen molar-refractivity contribution >= 4 is 11.8 Å². The quantitative estimate of drug-likeness (QED) is 0.648. The number of ether oxygens (including phenoxy) is 1. The van der Waals surface area contributed by atoms with Gasteiger partial charge in [0.15, 0.2) is 5.78 Å². The second kappa shape index (κ2) is 5.69. The van der Waals surface area contributed by atoms with Crippen LogP contribution in [0.1, 0.15) is 72.6 Å². The molecule has 25 heavy (non-hydrogen) atoms. The predicted octanol–water partition coefficient (Wildman–Crippen LogP) is 4.70.